The van der Waals surface area contributed by atoms with Crippen molar-refractivity contribution in [3.8, 4) is 0 Å². The molecule has 0 aromatic heterocycles. The number of aryl methyl sites for hydroxylation is 1. The van der Waals surface area contributed by atoms with Crippen molar-refractivity contribution < 1.29 is 31.8 Å². The van der Waals surface area contributed by atoms with Crippen molar-refractivity contribution in [2.75, 3.05) is 20.8 Å². The van der Waals surface area contributed by atoms with Gasteiger partial charge in [-0.2, -0.15) is 8.78 Å². The molecule has 0 spiro atoms. The van der Waals surface area contributed by atoms with Crippen LogP contribution in [0.3, 0.4) is 0 Å². The molecule has 118 valence electrons. The van der Waals surface area contributed by atoms with Gasteiger partial charge in [-0.05, 0) is 31.7 Å². The van der Waals surface area contributed by atoms with Gasteiger partial charge in [-0.3, -0.25) is 0 Å². The lowest BCUT2D eigenvalue weighted by Crippen LogP contribution is -2.27. The van der Waals surface area contributed by atoms with Crippen molar-refractivity contribution in [3.63, 3.8) is 0 Å². The Hall–Kier alpha value is -1.58. The van der Waals surface area contributed by atoms with E-state index in [0.717, 1.165) is 26.3 Å². The number of rotatable bonds is 5. The standard InChI is InChI=1S/C12H15F2NO5S/c1-7-4-10(21(18,19)15-2)9(12(13,14)6-16)5-8(7)11(17)20-3/h4-5,15-16H,6H2,1-3H3. The molecule has 0 fully saturated rings. The van der Waals surface area contributed by atoms with Crippen LogP contribution in [0, 0.1) is 6.92 Å². The number of benzene rings is 1. The molecule has 0 radical (unpaired) electrons. The van der Waals surface area contributed by atoms with Crippen molar-refractivity contribution in [2.24, 2.45) is 0 Å². The largest absolute Gasteiger partial charge is 0.465 e. The normalized spacial score (nSPS) is 12.3. The minimum absolute atomic E-state index is 0.160. The Labute approximate surface area is 120 Å². The maximum atomic E-state index is 13.8. The van der Waals surface area contributed by atoms with Crippen LogP contribution in [0.4, 0.5) is 8.78 Å². The molecule has 1 aromatic rings. The fourth-order valence-corrected chi connectivity index (χ4v) is 2.76. The van der Waals surface area contributed by atoms with Crippen LogP contribution in [-0.4, -0.2) is 40.3 Å². The molecule has 0 unspecified atom stereocenters. The first-order valence-electron chi connectivity index (χ1n) is 5.76. The number of esters is 1. The second-order valence-electron chi connectivity index (χ2n) is 4.22. The molecule has 9 heteroatoms. The van der Waals surface area contributed by atoms with Crippen molar-refractivity contribution >= 4 is 16.0 Å². The molecular formula is C12H15F2NO5S. The number of hydrogen-bond acceptors (Lipinski definition) is 5. The highest BCUT2D eigenvalue weighted by Gasteiger charge is 2.37. The summed E-state index contributed by atoms with van der Waals surface area (Å²) in [6.45, 7) is -0.204. The van der Waals surface area contributed by atoms with Gasteiger partial charge in [-0.1, -0.05) is 0 Å². The average Bonchev–Trinajstić information content (AvgIpc) is 2.45. The van der Waals surface area contributed by atoms with Gasteiger partial charge in [0.2, 0.25) is 10.0 Å². The molecular weight excluding hydrogens is 308 g/mol. The summed E-state index contributed by atoms with van der Waals surface area (Å²) in [5, 5.41) is 8.78. The number of carbonyl (C=O) groups excluding carboxylic acids is 1. The molecule has 1 rings (SSSR count). The lowest BCUT2D eigenvalue weighted by molar-refractivity contribution is -0.0580. The fraction of sp³-hybridized carbons (Fsp3) is 0.417. The quantitative estimate of drug-likeness (QED) is 0.781. The van der Waals surface area contributed by atoms with Gasteiger partial charge >= 0.3 is 5.97 Å². The van der Waals surface area contributed by atoms with Gasteiger partial charge in [0.1, 0.15) is 6.61 Å². The first-order chi connectivity index (χ1) is 9.60. The number of ether oxygens (including phenoxy) is 1. The maximum Gasteiger partial charge on any atom is 0.338 e. The van der Waals surface area contributed by atoms with Crippen molar-refractivity contribution in [1.82, 2.24) is 4.72 Å². The number of halogens is 2. The summed E-state index contributed by atoms with van der Waals surface area (Å²) < 4.78 is 57.7. The smallest absolute Gasteiger partial charge is 0.338 e. The number of nitrogens with one attached hydrogen (secondary N) is 1. The first-order valence-corrected chi connectivity index (χ1v) is 7.24. The Morgan fingerprint density at radius 3 is 2.43 bits per heavy atom. The third-order valence-corrected chi connectivity index (χ3v) is 4.34. The molecule has 0 aliphatic rings. The van der Waals surface area contributed by atoms with Crippen LogP contribution in [-0.2, 0) is 20.7 Å². The zero-order valence-electron chi connectivity index (χ0n) is 11.6. The monoisotopic (exact) mass is 323 g/mol. The van der Waals surface area contributed by atoms with E-state index in [-0.39, 0.29) is 11.1 Å². The SMILES string of the molecule is CNS(=O)(=O)c1cc(C)c(C(=O)OC)cc1C(F)(F)CO. The summed E-state index contributed by atoms with van der Waals surface area (Å²) in [6, 6.07) is 1.67. The third kappa shape index (κ3) is 3.36. The van der Waals surface area contributed by atoms with E-state index in [0.29, 0.717) is 0 Å². The van der Waals surface area contributed by atoms with Crippen LogP contribution in [0.25, 0.3) is 0 Å². The lowest BCUT2D eigenvalue weighted by atomic mass is 10.0. The van der Waals surface area contributed by atoms with Gasteiger partial charge < -0.3 is 9.84 Å². The van der Waals surface area contributed by atoms with E-state index in [9.17, 15) is 22.0 Å². The van der Waals surface area contributed by atoms with E-state index in [1.54, 1.807) is 0 Å². The molecule has 0 atom stereocenters. The second kappa shape index (κ2) is 6.04. The Morgan fingerprint density at radius 2 is 2.00 bits per heavy atom. The molecule has 2 N–H and O–H groups in total. The van der Waals surface area contributed by atoms with Crippen molar-refractivity contribution in [2.45, 2.75) is 17.7 Å². The Bertz CT molecular complexity index is 658. The number of sulfonamides is 1. The summed E-state index contributed by atoms with van der Waals surface area (Å²) in [5.41, 5.74) is -1.01. The predicted molar refractivity (Wildman–Crippen MR) is 69.7 cm³/mol. The summed E-state index contributed by atoms with van der Waals surface area (Å²) in [5.74, 6) is -4.70. The molecule has 0 aliphatic heterocycles. The fourth-order valence-electron chi connectivity index (χ4n) is 1.71. The van der Waals surface area contributed by atoms with Gasteiger partial charge in [0, 0.05) is 5.56 Å². The zero-order chi connectivity index (χ0) is 16.4. The van der Waals surface area contributed by atoms with E-state index < -0.39 is 39.0 Å². The molecule has 1 aromatic carbocycles. The Kier molecular flexibility index (Phi) is 5.03. The van der Waals surface area contributed by atoms with Crippen molar-refractivity contribution in [3.05, 3.63) is 28.8 Å². The molecule has 0 saturated heterocycles. The van der Waals surface area contributed by atoms with Gasteiger partial charge in [0.15, 0.2) is 0 Å². The number of carbonyl (C=O) groups is 1. The predicted octanol–water partition coefficient (Wildman–Crippen LogP) is 0.774. The Balaban J connectivity index is 3.74. The van der Waals surface area contributed by atoms with Crippen LogP contribution >= 0.6 is 0 Å². The van der Waals surface area contributed by atoms with Gasteiger partial charge in [-0.25, -0.2) is 17.9 Å². The third-order valence-electron chi connectivity index (χ3n) is 2.88. The lowest BCUT2D eigenvalue weighted by Gasteiger charge is -2.19. The zero-order valence-corrected chi connectivity index (χ0v) is 12.4. The van der Waals surface area contributed by atoms with Gasteiger partial charge in [-0.15, -0.1) is 0 Å². The highest BCUT2D eigenvalue weighted by atomic mass is 32.2. The molecule has 0 heterocycles. The molecule has 0 bridgehead atoms. The number of hydrogen-bond donors (Lipinski definition) is 2. The van der Waals surface area contributed by atoms with E-state index in [2.05, 4.69) is 4.74 Å². The molecule has 0 saturated carbocycles. The Morgan fingerprint density at radius 1 is 1.43 bits per heavy atom. The second-order valence-corrected chi connectivity index (χ2v) is 6.08. The average molecular weight is 323 g/mol. The highest BCUT2D eigenvalue weighted by molar-refractivity contribution is 7.89. The summed E-state index contributed by atoms with van der Waals surface area (Å²) in [7, 11) is -2.04. The first kappa shape index (κ1) is 17.5. The molecule has 0 aliphatic carbocycles. The number of methoxy groups -OCH3 is 1. The summed E-state index contributed by atoms with van der Waals surface area (Å²) in [4.78, 5) is 10.8. The van der Waals surface area contributed by atoms with E-state index in [4.69, 9.17) is 5.11 Å². The van der Waals surface area contributed by atoms with Crippen LogP contribution in [0.1, 0.15) is 21.5 Å². The van der Waals surface area contributed by atoms with Crippen LogP contribution in [0.2, 0.25) is 0 Å². The minimum Gasteiger partial charge on any atom is -0.465 e. The van der Waals surface area contributed by atoms with Crippen LogP contribution < -0.4 is 4.72 Å². The van der Waals surface area contributed by atoms with Crippen LogP contribution in [0.5, 0.6) is 0 Å². The van der Waals surface area contributed by atoms with Crippen LogP contribution in [0.15, 0.2) is 17.0 Å². The minimum atomic E-state index is -4.19. The van der Waals surface area contributed by atoms with Gasteiger partial charge in [0.05, 0.1) is 17.6 Å². The number of aliphatic hydroxyl groups excluding tert-OH is 1. The van der Waals surface area contributed by atoms with E-state index in [1.165, 1.54) is 6.92 Å². The molecule has 6 nitrogen and oxygen atoms in total. The molecule has 0 amide bonds. The van der Waals surface area contributed by atoms with Crippen molar-refractivity contribution in [1.29, 1.82) is 0 Å². The molecule has 21 heavy (non-hydrogen) atoms. The van der Waals surface area contributed by atoms with E-state index in [1.807, 2.05) is 4.72 Å². The number of alkyl halides is 2. The van der Waals surface area contributed by atoms with E-state index >= 15 is 0 Å². The maximum absolute atomic E-state index is 13.8. The number of aliphatic hydroxyl groups is 1. The van der Waals surface area contributed by atoms with Gasteiger partial charge in [0.25, 0.3) is 5.92 Å². The summed E-state index contributed by atoms with van der Waals surface area (Å²) in [6.07, 6.45) is 0. The highest BCUT2D eigenvalue weighted by Crippen LogP contribution is 2.34. The summed E-state index contributed by atoms with van der Waals surface area (Å²) >= 11 is 0. The topological polar surface area (TPSA) is 92.7 Å².